The summed E-state index contributed by atoms with van der Waals surface area (Å²) >= 11 is 2.72. The molecule has 1 N–H and O–H groups in total. The van der Waals surface area contributed by atoms with Gasteiger partial charge in [0.1, 0.15) is 5.75 Å². The van der Waals surface area contributed by atoms with Gasteiger partial charge in [0, 0.05) is 39.4 Å². The van der Waals surface area contributed by atoms with Crippen molar-refractivity contribution in [2.24, 2.45) is 5.41 Å². The van der Waals surface area contributed by atoms with Crippen molar-refractivity contribution in [2.75, 3.05) is 12.4 Å². The zero-order chi connectivity index (χ0) is 29.7. The first-order valence-electron chi connectivity index (χ1n) is 14.3. The number of hydrogen-bond donors (Lipinski definition) is 1. The molecule has 0 spiro atoms. The van der Waals surface area contributed by atoms with Crippen LogP contribution in [0.5, 0.6) is 5.75 Å². The highest BCUT2D eigenvalue weighted by Crippen LogP contribution is 2.62. The van der Waals surface area contributed by atoms with Crippen molar-refractivity contribution in [3.05, 3.63) is 130 Å². The molecule has 3 aliphatic carbocycles. The highest BCUT2D eigenvalue weighted by Gasteiger charge is 2.54. The molecule has 5 aromatic rings. The summed E-state index contributed by atoms with van der Waals surface area (Å²) in [4.78, 5) is 32.0. The van der Waals surface area contributed by atoms with Crippen molar-refractivity contribution in [1.82, 2.24) is 4.98 Å². The first-order valence-corrected chi connectivity index (χ1v) is 16.0. The van der Waals surface area contributed by atoms with E-state index >= 15 is 0 Å². The molecular weight excluding hydrogens is 573 g/mol. The third kappa shape index (κ3) is 4.77. The second-order valence-corrected chi connectivity index (χ2v) is 13.5. The van der Waals surface area contributed by atoms with Crippen LogP contribution in [0.4, 0.5) is 5.69 Å². The number of benzene rings is 4. The molecule has 5 nitrogen and oxygen atoms in total. The maximum atomic E-state index is 14.1. The molecule has 0 saturated carbocycles. The highest BCUT2D eigenvalue weighted by atomic mass is 32.2. The second-order valence-electron chi connectivity index (χ2n) is 11.5. The Kier molecular flexibility index (Phi) is 6.95. The average molecular weight is 603 g/mol. The molecule has 1 unspecified atom stereocenters. The number of thiazole rings is 1. The number of fused-ring (bicyclic) bond motifs is 1. The van der Waals surface area contributed by atoms with Crippen molar-refractivity contribution in [2.45, 2.75) is 36.4 Å². The van der Waals surface area contributed by atoms with Crippen LogP contribution in [0.1, 0.15) is 63.4 Å². The maximum absolute atomic E-state index is 14.1. The highest BCUT2D eigenvalue weighted by molar-refractivity contribution is 8.15. The van der Waals surface area contributed by atoms with Crippen LogP contribution in [-0.4, -0.2) is 23.1 Å². The average Bonchev–Trinajstić information content (AvgIpc) is 3.50. The molecule has 1 amide bonds. The van der Waals surface area contributed by atoms with Crippen LogP contribution in [0.15, 0.2) is 101 Å². The summed E-state index contributed by atoms with van der Waals surface area (Å²) in [6, 6.07) is 30.2. The Morgan fingerprint density at radius 1 is 0.930 bits per heavy atom. The number of carbonyl (C=O) groups is 2. The van der Waals surface area contributed by atoms with E-state index in [1.165, 1.54) is 45.4 Å². The van der Waals surface area contributed by atoms with Crippen LogP contribution >= 0.6 is 23.1 Å². The number of methoxy groups -OCH3 is 1. The van der Waals surface area contributed by atoms with E-state index in [1.54, 1.807) is 13.2 Å². The summed E-state index contributed by atoms with van der Waals surface area (Å²) in [6.45, 7) is 4.06. The standard InChI is InChI=1S/C36H30N2O3S2/c1-21-17-24(41-3)15-16-30(21)37-33(39)23-10-8-9-22(18-23)31-20-42-35(38-31)43-34(40)36(2)19-29-25-11-4-6-13-27(25)32(36)28-14-7-5-12-26(28)29/h4-18,20,29,32H,19H2,1-3H3,(H,37,39). The summed E-state index contributed by atoms with van der Waals surface area (Å²) in [6.07, 6.45) is 0.792. The van der Waals surface area contributed by atoms with E-state index in [1.807, 2.05) is 48.7 Å². The zero-order valence-electron chi connectivity index (χ0n) is 24.1. The van der Waals surface area contributed by atoms with Crippen LogP contribution in [0.3, 0.4) is 0 Å². The number of nitrogens with zero attached hydrogens (tertiary/aromatic N) is 1. The van der Waals surface area contributed by atoms with Gasteiger partial charge < -0.3 is 10.1 Å². The number of aryl methyl sites for hydroxylation is 1. The van der Waals surface area contributed by atoms with Crippen molar-refractivity contribution in [3.8, 4) is 17.0 Å². The summed E-state index contributed by atoms with van der Waals surface area (Å²) < 4.78 is 5.99. The monoisotopic (exact) mass is 602 g/mol. The van der Waals surface area contributed by atoms with Crippen LogP contribution in [0, 0.1) is 12.3 Å². The van der Waals surface area contributed by atoms with Gasteiger partial charge in [-0.05, 0) is 83.3 Å². The van der Waals surface area contributed by atoms with E-state index in [-0.39, 0.29) is 22.9 Å². The molecule has 43 heavy (non-hydrogen) atoms. The predicted molar refractivity (Wildman–Crippen MR) is 173 cm³/mol. The third-order valence-corrected chi connectivity index (χ3v) is 11.0. The van der Waals surface area contributed by atoms with E-state index in [9.17, 15) is 9.59 Å². The summed E-state index contributed by atoms with van der Waals surface area (Å²) in [7, 11) is 1.62. The van der Waals surface area contributed by atoms with Crippen molar-refractivity contribution in [1.29, 1.82) is 0 Å². The normalized spacial score (nSPS) is 19.8. The lowest BCUT2D eigenvalue weighted by Gasteiger charge is -2.50. The molecule has 8 rings (SSSR count). The van der Waals surface area contributed by atoms with Gasteiger partial charge in [0.15, 0.2) is 4.34 Å². The van der Waals surface area contributed by atoms with E-state index in [0.29, 0.717) is 9.90 Å². The lowest BCUT2D eigenvalue weighted by Crippen LogP contribution is -2.43. The lowest BCUT2D eigenvalue weighted by atomic mass is 9.53. The fraction of sp³-hybridized carbons (Fsp3) is 0.194. The topological polar surface area (TPSA) is 68.3 Å². The molecule has 0 saturated heterocycles. The molecule has 4 aromatic carbocycles. The van der Waals surface area contributed by atoms with Crippen LogP contribution < -0.4 is 10.1 Å². The van der Waals surface area contributed by atoms with Crippen LogP contribution in [-0.2, 0) is 4.79 Å². The molecule has 0 radical (unpaired) electrons. The van der Waals surface area contributed by atoms with E-state index < -0.39 is 5.41 Å². The SMILES string of the molecule is COc1ccc(NC(=O)c2cccc(-c3csc(SC(=O)C4(C)CC5c6ccccc6C4c4ccccc45)n3)c2)c(C)c1. The van der Waals surface area contributed by atoms with Crippen molar-refractivity contribution >= 4 is 39.8 Å². The molecule has 1 aromatic heterocycles. The summed E-state index contributed by atoms with van der Waals surface area (Å²) in [5.74, 6) is 0.784. The number of hydrogen-bond acceptors (Lipinski definition) is 6. The van der Waals surface area contributed by atoms with Gasteiger partial charge in [-0.25, -0.2) is 4.98 Å². The minimum absolute atomic E-state index is 0.0221. The Morgan fingerprint density at radius 3 is 2.30 bits per heavy atom. The van der Waals surface area contributed by atoms with Gasteiger partial charge in [-0.15, -0.1) is 11.3 Å². The minimum Gasteiger partial charge on any atom is -0.497 e. The number of aromatic nitrogens is 1. The van der Waals surface area contributed by atoms with Gasteiger partial charge in [0.25, 0.3) is 5.91 Å². The van der Waals surface area contributed by atoms with Crippen LogP contribution in [0.25, 0.3) is 11.3 Å². The van der Waals surface area contributed by atoms with Gasteiger partial charge in [-0.2, -0.15) is 0 Å². The largest absolute Gasteiger partial charge is 0.497 e. The quantitative estimate of drug-likeness (QED) is 0.197. The van der Waals surface area contributed by atoms with Crippen molar-refractivity contribution in [3.63, 3.8) is 0 Å². The molecule has 7 heteroatoms. The molecule has 214 valence electrons. The zero-order valence-corrected chi connectivity index (χ0v) is 25.7. The third-order valence-electron chi connectivity index (χ3n) is 8.86. The van der Waals surface area contributed by atoms with Crippen LogP contribution in [0.2, 0.25) is 0 Å². The van der Waals surface area contributed by atoms with Crippen molar-refractivity contribution < 1.29 is 14.3 Å². The molecular formula is C36H30N2O3S2. The fourth-order valence-corrected chi connectivity index (χ4v) is 8.57. The summed E-state index contributed by atoms with van der Waals surface area (Å²) in [5.41, 5.74) is 8.48. The molecule has 2 bridgehead atoms. The van der Waals surface area contributed by atoms with Gasteiger partial charge in [-0.1, -0.05) is 67.6 Å². The molecule has 1 heterocycles. The van der Waals surface area contributed by atoms with Gasteiger partial charge >= 0.3 is 0 Å². The number of amides is 1. The van der Waals surface area contributed by atoms with Gasteiger partial charge in [0.05, 0.1) is 12.8 Å². The molecule has 0 fully saturated rings. The van der Waals surface area contributed by atoms with E-state index in [2.05, 4.69) is 60.8 Å². The number of thioether (sulfide) groups is 1. The maximum Gasteiger partial charge on any atom is 0.255 e. The first kappa shape index (κ1) is 27.6. The first-order chi connectivity index (χ1) is 20.9. The molecule has 0 aliphatic heterocycles. The number of rotatable bonds is 6. The Labute approximate surface area is 259 Å². The smallest absolute Gasteiger partial charge is 0.255 e. The number of ether oxygens (including phenoxy) is 1. The number of anilines is 1. The Bertz CT molecular complexity index is 1850. The fourth-order valence-electron chi connectivity index (χ4n) is 6.72. The minimum atomic E-state index is -0.540. The summed E-state index contributed by atoms with van der Waals surface area (Å²) in [5, 5.41) is 5.10. The van der Waals surface area contributed by atoms with E-state index in [0.717, 1.165) is 34.7 Å². The number of carbonyl (C=O) groups excluding carboxylic acids is 2. The lowest BCUT2D eigenvalue weighted by molar-refractivity contribution is -0.120. The second kappa shape index (κ2) is 10.8. The Balaban J connectivity index is 1.11. The number of nitrogens with one attached hydrogen (secondary N) is 1. The molecule has 3 aliphatic rings. The predicted octanol–water partition coefficient (Wildman–Crippen LogP) is 8.69. The Hall–Kier alpha value is -4.20. The molecule has 1 atom stereocenters. The van der Waals surface area contributed by atoms with Gasteiger partial charge in [-0.3, -0.25) is 9.59 Å². The van der Waals surface area contributed by atoms with Gasteiger partial charge in [0.2, 0.25) is 5.12 Å². The Morgan fingerprint density at radius 2 is 1.63 bits per heavy atom. The van der Waals surface area contributed by atoms with E-state index in [4.69, 9.17) is 9.72 Å².